The van der Waals surface area contributed by atoms with E-state index in [-0.39, 0.29) is 17.4 Å². The summed E-state index contributed by atoms with van der Waals surface area (Å²) >= 11 is 1.32. The van der Waals surface area contributed by atoms with E-state index in [1.807, 2.05) is 38.1 Å². The standard InChI is InChI=1S/C21H19N3O2S/c1-14-8-9-17(15(2)12-14)18(25)13-27-20-11-10-19(23-24-20)22-21(26)16-6-4-3-5-7-16/h3-12H,13H2,1-2H3,(H,22,23,26). The van der Waals surface area contributed by atoms with Crippen molar-refractivity contribution in [1.29, 1.82) is 0 Å². The summed E-state index contributed by atoms with van der Waals surface area (Å²) in [5, 5.41) is 11.4. The molecular weight excluding hydrogens is 358 g/mol. The predicted octanol–water partition coefficient (Wildman–Crippen LogP) is 4.32. The third kappa shape index (κ3) is 5.01. The molecule has 27 heavy (non-hydrogen) atoms. The summed E-state index contributed by atoms with van der Waals surface area (Å²) < 4.78 is 0. The lowest BCUT2D eigenvalue weighted by molar-refractivity contribution is 0.101. The Bertz CT molecular complexity index is 957. The number of carbonyl (C=O) groups excluding carboxylic acids is 2. The average Bonchev–Trinajstić information content (AvgIpc) is 2.68. The number of nitrogens with zero attached hydrogens (tertiary/aromatic N) is 2. The molecule has 0 aliphatic heterocycles. The van der Waals surface area contributed by atoms with Crippen molar-refractivity contribution in [3.63, 3.8) is 0 Å². The van der Waals surface area contributed by atoms with Gasteiger partial charge in [0.05, 0.1) is 5.75 Å². The number of aryl methyl sites for hydroxylation is 2. The number of nitrogens with one attached hydrogen (secondary N) is 1. The zero-order valence-electron chi connectivity index (χ0n) is 15.1. The SMILES string of the molecule is Cc1ccc(C(=O)CSc2ccc(NC(=O)c3ccccc3)nn2)c(C)c1. The lowest BCUT2D eigenvalue weighted by atomic mass is 10.0. The van der Waals surface area contributed by atoms with Gasteiger partial charge in [0.1, 0.15) is 5.03 Å². The van der Waals surface area contributed by atoms with Gasteiger partial charge in [0, 0.05) is 11.1 Å². The van der Waals surface area contributed by atoms with E-state index >= 15 is 0 Å². The van der Waals surface area contributed by atoms with Gasteiger partial charge in [-0.3, -0.25) is 9.59 Å². The van der Waals surface area contributed by atoms with Crippen molar-refractivity contribution in [2.75, 3.05) is 11.1 Å². The first kappa shape index (κ1) is 18.8. The Labute approximate surface area is 162 Å². The number of ketones is 1. The largest absolute Gasteiger partial charge is 0.305 e. The number of anilines is 1. The number of benzene rings is 2. The van der Waals surface area contributed by atoms with Gasteiger partial charge in [-0.15, -0.1) is 10.2 Å². The van der Waals surface area contributed by atoms with Crippen molar-refractivity contribution in [1.82, 2.24) is 10.2 Å². The van der Waals surface area contributed by atoms with Crippen LogP contribution in [0.3, 0.4) is 0 Å². The van der Waals surface area contributed by atoms with E-state index in [1.54, 1.807) is 36.4 Å². The first-order valence-electron chi connectivity index (χ1n) is 8.46. The summed E-state index contributed by atoms with van der Waals surface area (Å²) in [5.41, 5.74) is 3.39. The third-order valence-corrected chi connectivity index (χ3v) is 4.87. The minimum Gasteiger partial charge on any atom is -0.305 e. The number of hydrogen-bond donors (Lipinski definition) is 1. The number of rotatable bonds is 6. The van der Waals surface area contributed by atoms with E-state index in [9.17, 15) is 9.59 Å². The van der Waals surface area contributed by atoms with E-state index < -0.39 is 0 Å². The Morgan fingerprint density at radius 2 is 1.74 bits per heavy atom. The maximum atomic E-state index is 12.4. The van der Waals surface area contributed by atoms with E-state index in [1.165, 1.54) is 11.8 Å². The van der Waals surface area contributed by atoms with Crippen molar-refractivity contribution in [3.05, 3.63) is 82.9 Å². The Hall–Kier alpha value is -2.99. The molecule has 0 atom stereocenters. The van der Waals surface area contributed by atoms with E-state index in [0.29, 0.717) is 16.4 Å². The van der Waals surface area contributed by atoms with Crippen LogP contribution >= 0.6 is 11.8 Å². The van der Waals surface area contributed by atoms with Gasteiger partial charge in [0.15, 0.2) is 11.6 Å². The van der Waals surface area contributed by atoms with Gasteiger partial charge in [-0.05, 0) is 43.7 Å². The highest BCUT2D eigenvalue weighted by molar-refractivity contribution is 7.99. The molecule has 0 aliphatic carbocycles. The van der Waals surface area contributed by atoms with Crippen LogP contribution < -0.4 is 5.32 Å². The van der Waals surface area contributed by atoms with E-state index in [2.05, 4.69) is 15.5 Å². The monoisotopic (exact) mass is 377 g/mol. The molecule has 1 amide bonds. The Morgan fingerprint density at radius 3 is 2.41 bits per heavy atom. The van der Waals surface area contributed by atoms with E-state index in [4.69, 9.17) is 0 Å². The summed E-state index contributed by atoms with van der Waals surface area (Å²) in [4.78, 5) is 24.5. The molecular formula is C21H19N3O2S. The quantitative estimate of drug-likeness (QED) is 0.512. The zero-order chi connectivity index (χ0) is 19.2. The zero-order valence-corrected chi connectivity index (χ0v) is 15.9. The first-order valence-corrected chi connectivity index (χ1v) is 9.45. The molecule has 0 saturated carbocycles. The maximum absolute atomic E-state index is 12.4. The number of amides is 1. The van der Waals surface area contributed by atoms with Crippen LogP contribution in [0.1, 0.15) is 31.8 Å². The number of carbonyl (C=O) groups is 2. The van der Waals surface area contributed by atoms with Crippen molar-refractivity contribution >= 4 is 29.3 Å². The summed E-state index contributed by atoms with van der Waals surface area (Å²) in [6, 6.07) is 18.1. The molecule has 0 unspecified atom stereocenters. The van der Waals surface area contributed by atoms with Crippen LogP contribution in [0.4, 0.5) is 5.82 Å². The first-order chi connectivity index (χ1) is 13.0. The Kier molecular flexibility index (Phi) is 5.98. The molecule has 6 heteroatoms. The van der Waals surface area contributed by atoms with Gasteiger partial charge in [-0.1, -0.05) is 53.7 Å². The summed E-state index contributed by atoms with van der Waals surface area (Å²) in [5.74, 6) is 0.471. The maximum Gasteiger partial charge on any atom is 0.256 e. The average molecular weight is 377 g/mol. The van der Waals surface area contributed by atoms with Crippen LogP contribution in [0.5, 0.6) is 0 Å². The smallest absolute Gasteiger partial charge is 0.256 e. The number of Topliss-reactive ketones (excluding diaryl/α,β-unsaturated/α-hetero) is 1. The lowest BCUT2D eigenvalue weighted by Gasteiger charge is -2.06. The molecule has 3 aromatic rings. The molecule has 3 rings (SSSR count). The van der Waals surface area contributed by atoms with Gasteiger partial charge in [-0.2, -0.15) is 0 Å². The topological polar surface area (TPSA) is 72.0 Å². The molecule has 1 N–H and O–H groups in total. The highest BCUT2D eigenvalue weighted by Crippen LogP contribution is 2.19. The molecule has 1 aromatic heterocycles. The second-order valence-corrected chi connectivity index (χ2v) is 7.10. The van der Waals surface area contributed by atoms with Crippen molar-refractivity contribution in [3.8, 4) is 0 Å². The molecule has 0 saturated heterocycles. The number of thioether (sulfide) groups is 1. The van der Waals surface area contributed by atoms with Crippen LogP contribution in [0.15, 0.2) is 65.7 Å². The second-order valence-electron chi connectivity index (χ2n) is 6.11. The van der Waals surface area contributed by atoms with Gasteiger partial charge < -0.3 is 5.32 Å². The fourth-order valence-corrected chi connectivity index (χ4v) is 3.28. The summed E-state index contributed by atoms with van der Waals surface area (Å²) in [6.45, 7) is 3.94. The van der Waals surface area contributed by atoms with Crippen LogP contribution in [-0.2, 0) is 0 Å². The molecule has 5 nitrogen and oxygen atoms in total. The minimum absolute atomic E-state index is 0.0563. The Balaban J connectivity index is 1.57. The van der Waals surface area contributed by atoms with Crippen molar-refractivity contribution < 1.29 is 9.59 Å². The van der Waals surface area contributed by atoms with Crippen LogP contribution in [0, 0.1) is 13.8 Å². The van der Waals surface area contributed by atoms with E-state index in [0.717, 1.165) is 16.7 Å². The van der Waals surface area contributed by atoms with Crippen LogP contribution in [-0.4, -0.2) is 27.6 Å². The highest BCUT2D eigenvalue weighted by Gasteiger charge is 2.11. The third-order valence-electron chi connectivity index (χ3n) is 3.95. The summed E-state index contributed by atoms with van der Waals surface area (Å²) in [7, 11) is 0. The van der Waals surface area contributed by atoms with Crippen LogP contribution in [0.25, 0.3) is 0 Å². The molecule has 0 radical (unpaired) electrons. The van der Waals surface area contributed by atoms with Gasteiger partial charge in [-0.25, -0.2) is 0 Å². The Morgan fingerprint density at radius 1 is 0.963 bits per heavy atom. The second kappa shape index (κ2) is 8.60. The fourth-order valence-electron chi connectivity index (χ4n) is 2.59. The number of hydrogen-bond acceptors (Lipinski definition) is 5. The highest BCUT2D eigenvalue weighted by atomic mass is 32.2. The van der Waals surface area contributed by atoms with Gasteiger partial charge in [0.2, 0.25) is 0 Å². The summed E-state index contributed by atoms with van der Waals surface area (Å²) in [6.07, 6.45) is 0. The van der Waals surface area contributed by atoms with Crippen molar-refractivity contribution in [2.45, 2.75) is 18.9 Å². The van der Waals surface area contributed by atoms with Crippen molar-refractivity contribution in [2.24, 2.45) is 0 Å². The van der Waals surface area contributed by atoms with Gasteiger partial charge in [0.25, 0.3) is 5.91 Å². The minimum atomic E-state index is -0.240. The predicted molar refractivity (Wildman–Crippen MR) is 107 cm³/mol. The van der Waals surface area contributed by atoms with Crippen LogP contribution in [0.2, 0.25) is 0 Å². The normalized spacial score (nSPS) is 10.4. The molecule has 0 aliphatic rings. The molecule has 0 fully saturated rings. The molecule has 0 bridgehead atoms. The molecule has 0 spiro atoms. The fraction of sp³-hybridized carbons (Fsp3) is 0.143. The molecule has 2 aromatic carbocycles. The lowest BCUT2D eigenvalue weighted by Crippen LogP contribution is -2.13. The molecule has 136 valence electrons. The van der Waals surface area contributed by atoms with Gasteiger partial charge >= 0.3 is 0 Å². The number of aromatic nitrogens is 2. The molecule has 1 heterocycles.